The highest BCUT2D eigenvalue weighted by Gasteiger charge is 2.25. The Morgan fingerprint density at radius 3 is 2.89 bits per heavy atom. The quantitative estimate of drug-likeness (QED) is 0.763. The maximum absolute atomic E-state index is 11.5. The Labute approximate surface area is 106 Å². The van der Waals surface area contributed by atoms with Gasteiger partial charge in [-0.2, -0.15) is 0 Å². The normalized spacial score (nSPS) is 16.6. The van der Waals surface area contributed by atoms with Gasteiger partial charge in [0.2, 0.25) is 0 Å². The Morgan fingerprint density at radius 1 is 1.56 bits per heavy atom. The van der Waals surface area contributed by atoms with Crippen molar-refractivity contribution in [1.82, 2.24) is 14.5 Å². The molecule has 0 atom stereocenters. The molecule has 18 heavy (non-hydrogen) atoms. The third-order valence-corrected chi connectivity index (χ3v) is 3.20. The van der Waals surface area contributed by atoms with Gasteiger partial charge in [-0.05, 0) is 19.8 Å². The standard InChI is InChI=1S/C12H17N3O3/c1-2-18-12(17)14-5-3-10(4-6-14)15-9-13-7-11(15)8-16/h7-10H,2-6H2,1H3. The first-order valence-electron chi connectivity index (χ1n) is 6.15. The summed E-state index contributed by atoms with van der Waals surface area (Å²) in [5, 5.41) is 0. The van der Waals surface area contributed by atoms with E-state index in [1.165, 1.54) is 0 Å². The summed E-state index contributed by atoms with van der Waals surface area (Å²) in [4.78, 5) is 28.1. The second-order valence-corrected chi connectivity index (χ2v) is 4.26. The number of nitrogens with zero attached hydrogens (tertiary/aromatic N) is 3. The van der Waals surface area contributed by atoms with Gasteiger partial charge in [-0.25, -0.2) is 9.78 Å². The van der Waals surface area contributed by atoms with Crippen molar-refractivity contribution in [3.63, 3.8) is 0 Å². The van der Waals surface area contributed by atoms with Crippen LogP contribution in [0.3, 0.4) is 0 Å². The monoisotopic (exact) mass is 251 g/mol. The summed E-state index contributed by atoms with van der Waals surface area (Å²) in [6.07, 6.45) is 5.42. The summed E-state index contributed by atoms with van der Waals surface area (Å²) in [7, 11) is 0. The van der Waals surface area contributed by atoms with Crippen molar-refractivity contribution in [3.8, 4) is 0 Å². The van der Waals surface area contributed by atoms with Gasteiger partial charge in [0.25, 0.3) is 0 Å². The summed E-state index contributed by atoms with van der Waals surface area (Å²) >= 11 is 0. The summed E-state index contributed by atoms with van der Waals surface area (Å²) in [5.74, 6) is 0. The molecule has 0 aliphatic carbocycles. The number of aromatic nitrogens is 2. The number of amides is 1. The fourth-order valence-corrected chi connectivity index (χ4v) is 2.25. The number of piperidine rings is 1. The van der Waals surface area contributed by atoms with Gasteiger partial charge in [0, 0.05) is 19.1 Å². The number of ether oxygens (including phenoxy) is 1. The summed E-state index contributed by atoms with van der Waals surface area (Å²) in [6, 6.07) is 0.235. The van der Waals surface area contributed by atoms with Crippen molar-refractivity contribution in [2.45, 2.75) is 25.8 Å². The SMILES string of the molecule is CCOC(=O)N1CCC(n2cncc2C=O)CC1. The van der Waals surface area contributed by atoms with Crippen LogP contribution in [-0.2, 0) is 4.74 Å². The van der Waals surface area contributed by atoms with E-state index in [9.17, 15) is 9.59 Å². The molecule has 1 aliphatic rings. The highest BCUT2D eigenvalue weighted by Crippen LogP contribution is 2.23. The van der Waals surface area contributed by atoms with Crippen molar-refractivity contribution in [2.24, 2.45) is 0 Å². The maximum atomic E-state index is 11.5. The molecule has 1 amide bonds. The van der Waals surface area contributed by atoms with E-state index >= 15 is 0 Å². The van der Waals surface area contributed by atoms with Crippen molar-refractivity contribution in [1.29, 1.82) is 0 Å². The highest BCUT2D eigenvalue weighted by atomic mass is 16.6. The van der Waals surface area contributed by atoms with Gasteiger partial charge in [-0.1, -0.05) is 0 Å². The minimum Gasteiger partial charge on any atom is -0.450 e. The van der Waals surface area contributed by atoms with Crippen LogP contribution in [0, 0.1) is 0 Å². The Hall–Kier alpha value is -1.85. The second-order valence-electron chi connectivity index (χ2n) is 4.26. The number of hydrogen-bond acceptors (Lipinski definition) is 4. The van der Waals surface area contributed by atoms with E-state index in [4.69, 9.17) is 4.74 Å². The summed E-state index contributed by atoms with van der Waals surface area (Å²) < 4.78 is 6.85. The average Bonchev–Trinajstić information content (AvgIpc) is 2.87. The molecule has 2 rings (SSSR count). The molecule has 0 radical (unpaired) electrons. The Kier molecular flexibility index (Phi) is 3.96. The predicted molar refractivity (Wildman–Crippen MR) is 64.5 cm³/mol. The van der Waals surface area contributed by atoms with Crippen molar-refractivity contribution in [3.05, 3.63) is 18.2 Å². The van der Waals surface area contributed by atoms with Gasteiger partial charge in [-0.3, -0.25) is 4.79 Å². The number of likely N-dealkylation sites (tertiary alicyclic amines) is 1. The maximum Gasteiger partial charge on any atom is 0.409 e. The van der Waals surface area contributed by atoms with Crippen LogP contribution in [0.2, 0.25) is 0 Å². The van der Waals surface area contributed by atoms with E-state index in [0.29, 0.717) is 25.4 Å². The van der Waals surface area contributed by atoms with Crippen LogP contribution in [0.1, 0.15) is 36.3 Å². The average molecular weight is 251 g/mol. The van der Waals surface area contributed by atoms with E-state index in [1.807, 2.05) is 4.57 Å². The van der Waals surface area contributed by atoms with Gasteiger partial charge in [0.1, 0.15) is 5.69 Å². The second kappa shape index (κ2) is 5.66. The zero-order valence-corrected chi connectivity index (χ0v) is 10.4. The molecule has 0 saturated carbocycles. The predicted octanol–water partition coefficient (Wildman–Crippen LogP) is 1.49. The molecule has 1 fully saturated rings. The third kappa shape index (κ3) is 2.52. The molecular weight excluding hydrogens is 234 g/mol. The van der Waals surface area contributed by atoms with E-state index in [-0.39, 0.29) is 12.1 Å². The van der Waals surface area contributed by atoms with Crippen molar-refractivity contribution >= 4 is 12.4 Å². The molecule has 2 heterocycles. The van der Waals surface area contributed by atoms with Gasteiger partial charge in [0.15, 0.2) is 6.29 Å². The van der Waals surface area contributed by atoms with Crippen molar-refractivity contribution in [2.75, 3.05) is 19.7 Å². The van der Waals surface area contributed by atoms with Crippen LogP contribution in [0.5, 0.6) is 0 Å². The number of rotatable bonds is 3. The van der Waals surface area contributed by atoms with Crippen LogP contribution < -0.4 is 0 Å². The molecule has 1 aromatic rings. The molecule has 0 aromatic carbocycles. The minimum atomic E-state index is -0.253. The van der Waals surface area contributed by atoms with E-state index in [1.54, 1.807) is 24.3 Å². The van der Waals surface area contributed by atoms with E-state index < -0.39 is 0 Å². The first-order valence-corrected chi connectivity index (χ1v) is 6.15. The van der Waals surface area contributed by atoms with Gasteiger partial charge < -0.3 is 14.2 Å². The van der Waals surface area contributed by atoms with E-state index in [2.05, 4.69) is 4.98 Å². The first kappa shape index (κ1) is 12.6. The number of hydrogen-bond donors (Lipinski definition) is 0. The number of carbonyl (C=O) groups is 2. The Morgan fingerprint density at radius 2 is 2.28 bits per heavy atom. The smallest absolute Gasteiger partial charge is 0.409 e. The summed E-state index contributed by atoms with van der Waals surface area (Å²) in [6.45, 7) is 3.50. The molecule has 1 aromatic heterocycles. The van der Waals surface area contributed by atoms with Crippen LogP contribution in [-0.4, -0.2) is 46.5 Å². The lowest BCUT2D eigenvalue weighted by molar-refractivity contribution is 0.0918. The van der Waals surface area contributed by atoms with Gasteiger partial charge in [0.05, 0.1) is 19.1 Å². The third-order valence-electron chi connectivity index (χ3n) is 3.20. The fraction of sp³-hybridized carbons (Fsp3) is 0.583. The fourth-order valence-electron chi connectivity index (χ4n) is 2.25. The Bertz CT molecular complexity index is 422. The van der Waals surface area contributed by atoms with Crippen LogP contribution in [0.25, 0.3) is 0 Å². The largest absolute Gasteiger partial charge is 0.450 e. The molecule has 6 nitrogen and oxygen atoms in total. The molecule has 0 spiro atoms. The van der Waals surface area contributed by atoms with E-state index in [0.717, 1.165) is 19.1 Å². The number of imidazole rings is 1. The molecular formula is C12H17N3O3. The lowest BCUT2D eigenvalue weighted by Gasteiger charge is -2.32. The minimum absolute atomic E-state index is 0.235. The summed E-state index contributed by atoms with van der Waals surface area (Å²) in [5.41, 5.74) is 0.588. The number of carbonyl (C=O) groups excluding carboxylic acids is 2. The molecule has 0 N–H and O–H groups in total. The zero-order chi connectivity index (χ0) is 13.0. The lowest BCUT2D eigenvalue weighted by atomic mass is 10.1. The highest BCUT2D eigenvalue weighted by molar-refractivity contribution is 5.71. The topological polar surface area (TPSA) is 64.4 Å². The van der Waals surface area contributed by atoms with Crippen LogP contribution in [0.4, 0.5) is 4.79 Å². The molecule has 98 valence electrons. The molecule has 6 heteroatoms. The molecule has 0 bridgehead atoms. The lowest BCUT2D eigenvalue weighted by Crippen LogP contribution is -2.39. The Balaban J connectivity index is 1.94. The van der Waals surface area contributed by atoms with Crippen molar-refractivity contribution < 1.29 is 14.3 Å². The number of aldehydes is 1. The zero-order valence-electron chi connectivity index (χ0n) is 10.4. The molecule has 0 unspecified atom stereocenters. The van der Waals surface area contributed by atoms with Gasteiger partial charge in [-0.15, -0.1) is 0 Å². The van der Waals surface area contributed by atoms with Crippen LogP contribution in [0.15, 0.2) is 12.5 Å². The molecule has 1 saturated heterocycles. The van der Waals surface area contributed by atoms with Crippen LogP contribution >= 0.6 is 0 Å². The first-order chi connectivity index (χ1) is 8.76. The molecule has 1 aliphatic heterocycles. The van der Waals surface area contributed by atoms with Gasteiger partial charge >= 0.3 is 6.09 Å².